The molecule has 0 spiro atoms. The van der Waals surface area contributed by atoms with Crippen molar-refractivity contribution in [3.63, 3.8) is 0 Å². The van der Waals surface area contributed by atoms with Crippen LogP contribution in [0.25, 0.3) is 0 Å². The van der Waals surface area contributed by atoms with Crippen LogP contribution in [0.1, 0.15) is 30.0 Å². The third-order valence-corrected chi connectivity index (χ3v) is 7.39. The quantitative estimate of drug-likeness (QED) is 0.439. The van der Waals surface area contributed by atoms with Gasteiger partial charge in [0, 0.05) is 17.9 Å². The Bertz CT molecular complexity index is 1410. The summed E-state index contributed by atoms with van der Waals surface area (Å²) < 4.78 is 19.2. The van der Waals surface area contributed by atoms with E-state index in [1.807, 2.05) is 42.5 Å². The van der Waals surface area contributed by atoms with Crippen molar-refractivity contribution < 1.29 is 18.7 Å². The number of amidine groups is 1. The number of amides is 2. The zero-order valence-electron chi connectivity index (χ0n) is 19.7. The van der Waals surface area contributed by atoms with Crippen LogP contribution in [0.15, 0.2) is 82.9 Å². The molecule has 37 heavy (non-hydrogen) atoms. The summed E-state index contributed by atoms with van der Waals surface area (Å²) in [6, 6.07) is 20.7. The molecule has 188 valence electrons. The van der Waals surface area contributed by atoms with Crippen molar-refractivity contribution in [2.75, 3.05) is 12.4 Å². The molecule has 10 heteroatoms. The second kappa shape index (κ2) is 10.7. The molecule has 0 saturated heterocycles. The highest BCUT2D eigenvalue weighted by molar-refractivity contribution is 8.15. The van der Waals surface area contributed by atoms with Crippen LogP contribution >= 0.6 is 23.4 Å². The number of ether oxygens (including phenoxy) is 1. The van der Waals surface area contributed by atoms with Crippen molar-refractivity contribution in [3.8, 4) is 5.75 Å². The smallest absolute Gasteiger partial charge is 0.262 e. The third-order valence-electron chi connectivity index (χ3n) is 6.01. The molecule has 0 saturated carbocycles. The highest BCUT2D eigenvalue weighted by Gasteiger charge is 2.39. The number of nitrogens with one attached hydrogen (secondary N) is 1. The van der Waals surface area contributed by atoms with Crippen LogP contribution in [0.3, 0.4) is 0 Å². The maximum absolute atomic E-state index is 13.9. The van der Waals surface area contributed by atoms with E-state index in [1.54, 1.807) is 24.3 Å². The lowest BCUT2D eigenvalue weighted by Gasteiger charge is -2.23. The van der Waals surface area contributed by atoms with E-state index in [0.29, 0.717) is 16.6 Å². The van der Waals surface area contributed by atoms with Gasteiger partial charge >= 0.3 is 0 Å². The molecule has 2 heterocycles. The molecule has 2 aliphatic heterocycles. The second-order valence-corrected chi connectivity index (χ2v) is 10.1. The van der Waals surface area contributed by atoms with Crippen LogP contribution in [-0.4, -0.2) is 40.1 Å². The predicted octanol–water partition coefficient (Wildman–Crippen LogP) is 5.67. The number of anilines is 1. The van der Waals surface area contributed by atoms with E-state index < -0.39 is 22.9 Å². The maximum Gasteiger partial charge on any atom is 0.262 e. The largest absolute Gasteiger partial charge is 0.497 e. The number of para-hydroxylation sites is 1. The lowest BCUT2D eigenvalue weighted by atomic mass is 9.98. The number of carbonyl (C=O) groups is 2. The number of aliphatic imine (C=N–C) groups is 1. The Hall–Kier alpha value is -3.69. The Kier molecular flexibility index (Phi) is 7.25. The van der Waals surface area contributed by atoms with Gasteiger partial charge < -0.3 is 10.1 Å². The standard InChI is InChI=1S/C27H22ClFN4O3S/c1-36-19-11-9-16(10-12-19)22-14-23(17-5-4-6-18(28)13-17)33(32-22)27-31-26(35)24(37-27)15-25(34)30-21-8-3-2-7-20(21)29/h2-13,23-24H,14-15H2,1H3,(H,30,34)/t23-,24+/m1/s1. The molecule has 7 nitrogen and oxygen atoms in total. The SMILES string of the molecule is COc1ccc(C2=NN(C3=NC(=O)[C@H](CC(=O)Nc4ccccc4F)S3)[C@@H](c3cccc(Cl)c3)C2)cc1. The lowest BCUT2D eigenvalue weighted by molar-refractivity contribution is -0.121. The van der Waals surface area contributed by atoms with Gasteiger partial charge in [-0.05, 0) is 59.7 Å². The first-order valence-corrected chi connectivity index (χ1v) is 12.8. The summed E-state index contributed by atoms with van der Waals surface area (Å²) in [6.45, 7) is 0. The Morgan fingerprint density at radius 3 is 2.68 bits per heavy atom. The minimum Gasteiger partial charge on any atom is -0.497 e. The van der Waals surface area contributed by atoms with E-state index in [2.05, 4.69) is 10.3 Å². The summed E-state index contributed by atoms with van der Waals surface area (Å²) >= 11 is 7.44. The Morgan fingerprint density at radius 1 is 1.16 bits per heavy atom. The Labute approximate surface area is 222 Å². The molecule has 0 fully saturated rings. The van der Waals surface area contributed by atoms with Gasteiger partial charge in [0.1, 0.15) is 16.8 Å². The van der Waals surface area contributed by atoms with Gasteiger partial charge in [-0.25, -0.2) is 9.40 Å². The van der Waals surface area contributed by atoms with Crippen LogP contribution < -0.4 is 10.1 Å². The van der Waals surface area contributed by atoms with Gasteiger partial charge in [0.15, 0.2) is 5.17 Å². The van der Waals surface area contributed by atoms with E-state index >= 15 is 0 Å². The normalized spacial score (nSPS) is 19.0. The first kappa shape index (κ1) is 25.0. The van der Waals surface area contributed by atoms with E-state index in [9.17, 15) is 14.0 Å². The molecule has 3 aromatic carbocycles. The van der Waals surface area contributed by atoms with Crippen molar-refractivity contribution in [3.05, 3.63) is 94.8 Å². The monoisotopic (exact) mass is 536 g/mol. The predicted molar refractivity (Wildman–Crippen MR) is 144 cm³/mol. The zero-order chi connectivity index (χ0) is 25.9. The number of hydrazone groups is 1. The molecule has 2 aliphatic rings. The number of nitrogens with zero attached hydrogens (tertiary/aromatic N) is 3. The fourth-order valence-electron chi connectivity index (χ4n) is 4.15. The first-order valence-electron chi connectivity index (χ1n) is 11.5. The van der Waals surface area contributed by atoms with Gasteiger partial charge in [0.25, 0.3) is 5.91 Å². The van der Waals surface area contributed by atoms with Crippen molar-refractivity contribution >= 4 is 51.7 Å². The summed E-state index contributed by atoms with van der Waals surface area (Å²) in [4.78, 5) is 29.5. The summed E-state index contributed by atoms with van der Waals surface area (Å²) in [5.41, 5.74) is 2.74. The lowest BCUT2D eigenvalue weighted by Crippen LogP contribution is -2.25. The Morgan fingerprint density at radius 2 is 1.95 bits per heavy atom. The van der Waals surface area contributed by atoms with E-state index in [0.717, 1.165) is 22.6 Å². The van der Waals surface area contributed by atoms with Gasteiger partial charge in [-0.3, -0.25) is 9.59 Å². The molecule has 0 radical (unpaired) electrons. The molecule has 0 aromatic heterocycles. The fraction of sp³-hybridized carbons (Fsp3) is 0.185. The first-order chi connectivity index (χ1) is 17.9. The summed E-state index contributed by atoms with van der Waals surface area (Å²) in [5, 5.41) is 9.34. The summed E-state index contributed by atoms with van der Waals surface area (Å²) in [7, 11) is 1.61. The molecule has 0 aliphatic carbocycles. The number of hydrogen-bond donors (Lipinski definition) is 1. The number of carbonyl (C=O) groups excluding carboxylic acids is 2. The fourth-order valence-corrected chi connectivity index (χ4v) is 5.42. The van der Waals surface area contributed by atoms with Crippen molar-refractivity contribution in [2.24, 2.45) is 10.1 Å². The number of benzene rings is 3. The second-order valence-electron chi connectivity index (χ2n) is 8.47. The Balaban J connectivity index is 1.36. The zero-order valence-corrected chi connectivity index (χ0v) is 21.3. The van der Waals surface area contributed by atoms with Crippen LogP contribution in [0, 0.1) is 5.82 Å². The molecular formula is C27H22ClFN4O3S. The number of thioether (sulfide) groups is 1. The van der Waals surface area contributed by atoms with Gasteiger partial charge in [-0.2, -0.15) is 10.1 Å². The molecule has 1 N–H and O–H groups in total. The number of hydrogen-bond acceptors (Lipinski definition) is 6. The number of halogens is 2. The minimum absolute atomic E-state index is 0.0679. The molecule has 0 bridgehead atoms. The minimum atomic E-state index is -0.734. The maximum atomic E-state index is 13.9. The van der Waals surface area contributed by atoms with Crippen molar-refractivity contribution in [2.45, 2.75) is 24.1 Å². The van der Waals surface area contributed by atoms with E-state index in [4.69, 9.17) is 21.4 Å². The van der Waals surface area contributed by atoms with Crippen LogP contribution in [0.4, 0.5) is 10.1 Å². The highest BCUT2D eigenvalue weighted by Crippen LogP contribution is 2.39. The third kappa shape index (κ3) is 5.52. The van der Waals surface area contributed by atoms with E-state index in [-0.39, 0.29) is 18.2 Å². The summed E-state index contributed by atoms with van der Waals surface area (Å²) in [5.74, 6) is -0.701. The summed E-state index contributed by atoms with van der Waals surface area (Å²) in [6.07, 6.45) is 0.425. The molecule has 2 atom stereocenters. The van der Waals surface area contributed by atoms with Crippen LogP contribution in [0.5, 0.6) is 5.75 Å². The highest BCUT2D eigenvalue weighted by atomic mass is 35.5. The number of methoxy groups -OCH3 is 1. The van der Waals surface area contributed by atoms with Gasteiger partial charge in [-0.1, -0.05) is 47.6 Å². The molecule has 2 amide bonds. The molecular weight excluding hydrogens is 515 g/mol. The molecule has 5 rings (SSSR count). The van der Waals surface area contributed by atoms with Crippen LogP contribution in [-0.2, 0) is 9.59 Å². The van der Waals surface area contributed by atoms with Crippen LogP contribution in [0.2, 0.25) is 5.02 Å². The molecule has 3 aromatic rings. The van der Waals surface area contributed by atoms with Crippen molar-refractivity contribution in [1.29, 1.82) is 0 Å². The van der Waals surface area contributed by atoms with Gasteiger partial charge in [-0.15, -0.1) is 0 Å². The van der Waals surface area contributed by atoms with Gasteiger partial charge in [0.05, 0.1) is 24.6 Å². The average molecular weight is 537 g/mol. The molecule has 0 unspecified atom stereocenters. The van der Waals surface area contributed by atoms with Crippen molar-refractivity contribution in [1.82, 2.24) is 5.01 Å². The number of rotatable bonds is 6. The van der Waals surface area contributed by atoms with E-state index in [1.165, 1.54) is 30.0 Å². The van der Waals surface area contributed by atoms with Gasteiger partial charge in [0.2, 0.25) is 5.91 Å². The topological polar surface area (TPSA) is 83.4 Å². The average Bonchev–Trinajstić information content (AvgIpc) is 3.49.